The van der Waals surface area contributed by atoms with Crippen LogP contribution in [0.5, 0.6) is 0 Å². The molecule has 0 amide bonds. The summed E-state index contributed by atoms with van der Waals surface area (Å²) in [5.41, 5.74) is 0. The molecule has 0 saturated heterocycles. The molecule has 0 saturated carbocycles. The van der Waals surface area contributed by atoms with E-state index in [0.717, 1.165) is 6.08 Å². The third-order valence-electron chi connectivity index (χ3n) is 0.710. The maximum absolute atomic E-state index is 11.3. The van der Waals surface area contributed by atoms with E-state index in [-0.39, 0.29) is 0 Å². The lowest BCUT2D eigenvalue weighted by Crippen LogP contribution is -2.25. The van der Waals surface area contributed by atoms with Crippen molar-refractivity contribution in [2.45, 2.75) is 19.2 Å². The van der Waals surface area contributed by atoms with E-state index in [4.69, 9.17) is 5.11 Å². The topological polar surface area (TPSA) is 20.2 Å². The van der Waals surface area contributed by atoms with Crippen molar-refractivity contribution in [3.05, 3.63) is 12.2 Å². The highest BCUT2D eigenvalue weighted by molar-refractivity contribution is 4.89. The van der Waals surface area contributed by atoms with Gasteiger partial charge in [0.2, 0.25) is 0 Å². The van der Waals surface area contributed by atoms with Gasteiger partial charge in [-0.1, -0.05) is 12.2 Å². The van der Waals surface area contributed by atoms with Gasteiger partial charge in [0.15, 0.2) is 6.10 Å². The van der Waals surface area contributed by atoms with Crippen molar-refractivity contribution in [2.75, 3.05) is 0 Å². The number of aliphatic hydroxyl groups is 1. The molecule has 1 atom stereocenters. The smallest absolute Gasteiger partial charge is 0.380 e. The van der Waals surface area contributed by atoms with Crippen molar-refractivity contribution >= 4 is 0 Å². The fraction of sp³-hybridized carbons (Fsp3) is 0.600. The summed E-state index contributed by atoms with van der Waals surface area (Å²) >= 11 is 0. The Kier molecular flexibility index (Phi) is 2.70. The van der Waals surface area contributed by atoms with E-state index in [1.54, 1.807) is 0 Å². The van der Waals surface area contributed by atoms with Gasteiger partial charge in [-0.15, -0.1) is 0 Å². The van der Waals surface area contributed by atoms with Crippen LogP contribution in [0.4, 0.5) is 13.2 Å². The Hall–Kier alpha value is -0.510. The summed E-state index contributed by atoms with van der Waals surface area (Å²) in [6.45, 7) is 1.41. The normalized spacial score (nSPS) is 16.6. The molecule has 0 aliphatic heterocycles. The molecule has 0 radical (unpaired) electrons. The van der Waals surface area contributed by atoms with E-state index in [1.165, 1.54) is 6.92 Å². The molecule has 0 fully saturated rings. The molecule has 1 nitrogen and oxygen atoms in total. The van der Waals surface area contributed by atoms with Gasteiger partial charge in [-0.05, 0) is 6.92 Å². The summed E-state index contributed by atoms with van der Waals surface area (Å²) in [6, 6.07) is 0. The van der Waals surface area contributed by atoms with Crippen LogP contribution in [0.2, 0.25) is 0 Å². The molecule has 4 heteroatoms. The summed E-state index contributed by atoms with van der Waals surface area (Å²) in [6.07, 6.45) is -5.01. The Balaban J connectivity index is 3.88. The van der Waals surface area contributed by atoms with E-state index in [9.17, 15) is 13.2 Å². The number of hydrogen-bond acceptors (Lipinski definition) is 1. The van der Waals surface area contributed by atoms with Crippen molar-refractivity contribution in [2.24, 2.45) is 0 Å². The summed E-state index contributed by atoms with van der Waals surface area (Å²) in [7, 11) is 0. The van der Waals surface area contributed by atoms with Crippen LogP contribution in [-0.2, 0) is 0 Å². The van der Waals surface area contributed by atoms with E-state index >= 15 is 0 Å². The van der Waals surface area contributed by atoms with Crippen molar-refractivity contribution < 1.29 is 18.3 Å². The molecule has 0 bridgehead atoms. The maximum Gasteiger partial charge on any atom is 0.417 e. The Morgan fingerprint density at radius 1 is 1.44 bits per heavy atom. The summed E-state index contributed by atoms with van der Waals surface area (Å²) in [5.74, 6) is 0. The maximum atomic E-state index is 11.3. The second-order valence-electron chi connectivity index (χ2n) is 1.51. The average molecular weight is 140 g/mol. The number of allylic oxidation sites excluding steroid dienone is 1. The van der Waals surface area contributed by atoms with Crippen LogP contribution in [0, 0.1) is 0 Å². The molecule has 9 heavy (non-hydrogen) atoms. The lowest BCUT2D eigenvalue weighted by Gasteiger charge is -2.08. The molecule has 0 aliphatic carbocycles. The molecular weight excluding hydrogens is 133 g/mol. The molecule has 1 N–H and O–H groups in total. The predicted molar refractivity (Wildman–Crippen MR) is 26.9 cm³/mol. The minimum atomic E-state index is -4.52. The van der Waals surface area contributed by atoms with Crippen LogP contribution < -0.4 is 0 Å². The predicted octanol–water partition coefficient (Wildman–Crippen LogP) is 1.49. The molecule has 0 aromatic carbocycles. The Bertz CT molecular complexity index is 105. The highest BCUT2D eigenvalue weighted by atomic mass is 19.4. The quantitative estimate of drug-likeness (QED) is 0.547. The van der Waals surface area contributed by atoms with Gasteiger partial charge < -0.3 is 5.11 Å². The van der Waals surface area contributed by atoms with Gasteiger partial charge in [0.25, 0.3) is 0 Å². The first-order valence-electron chi connectivity index (χ1n) is 2.36. The van der Waals surface area contributed by atoms with Crippen molar-refractivity contribution in [3.8, 4) is 0 Å². The summed E-state index contributed by atoms with van der Waals surface area (Å²) in [4.78, 5) is 0. The molecule has 0 rings (SSSR count). The van der Waals surface area contributed by atoms with Crippen LogP contribution in [0.15, 0.2) is 12.2 Å². The van der Waals surface area contributed by atoms with E-state index in [1.807, 2.05) is 0 Å². The minimum Gasteiger partial charge on any atom is -0.380 e. The fourth-order valence-electron chi connectivity index (χ4n) is 0.291. The van der Waals surface area contributed by atoms with Crippen LogP contribution in [-0.4, -0.2) is 17.4 Å². The molecule has 54 valence electrons. The van der Waals surface area contributed by atoms with Crippen LogP contribution in [0.1, 0.15) is 6.92 Å². The van der Waals surface area contributed by atoms with E-state index in [0.29, 0.717) is 6.08 Å². The lowest BCUT2D eigenvalue weighted by molar-refractivity contribution is -0.187. The van der Waals surface area contributed by atoms with Gasteiger partial charge in [-0.3, -0.25) is 0 Å². The van der Waals surface area contributed by atoms with Gasteiger partial charge in [0, 0.05) is 0 Å². The summed E-state index contributed by atoms with van der Waals surface area (Å²) < 4.78 is 34.0. The molecule has 0 aliphatic rings. The molecular formula is C5H7F3O. The van der Waals surface area contributed by atoms with Gasteiger partial charge in [-0.2, -0.15) is 13.2 Å². The van der Waals surface area contributed by atoms with Crippen LogP contribution in [0.25, 0.3) is 0 Å². The Morgan fingerprint density at radius 2 is 1.89 bits per heavy atom. The van der Waals surface area contributed by atoms with Crippen molar-refractivity contribution in [1.29, 1.82) is 0 Å². The van der Waals surface area contributed by atoms with Gasteiger partial charge in [0.05, 0.1) is 0 Å². The SMILES string of the molecule is C/C=C/C(O)C(F)(F)F. The average Bonchev–Trinajstić information content (AvgIpc) is 1.64. The highest BCUT2D eigenvalue weighted by Gasteiger charge is 2.35. The number of aliphatic hydroxyl groups excluding tert-OH is 1. The van der Waals surface area contributed by atoms with Gasteiger partial charge in [-0.25, -0.2) is 0 Å². The number of rotatable bonds is 1. The largest absolute Gasteiger partial charge is 0.417 e. The first-order valence-corrected chi connectivity index (χ1v) is 2.36. The summed E-state index contributed by atoms with van der Waals surface area (Å²) in [5, 5.41) is 8.17. The van der Waals surface area contributed by atoms with Gasteiger partial charge >= 0.3 is 6.18 Å². The zero-order chi connectivity index (χ0) is 7.49. The van der Waals surface area contributed by atoms with Crippen LogP contribution >= 0.6 is 0 Å². The minimum absolute atomic E-state index is 0.681. The third kappa shape index (κ3) is 3.13. The van der Waals surface area contributed by atoms with E-state index in [2.05, 4.69) is 0 Å². The van der Waals surface area contributed by atoms with Crippen molar-refractivity contribution in [1.82, 2.24) is 0 Å². The number of halogens is 3. The fourth-order valence-corrected chi connectivity index (χ4v) is 0.291. The van der Waals surface area contributed by atoms with E-state index < -0.39 is 12.3 Å². The molecule has 0 aromatic heterocycles. The molecule has 0 heterocycles. The highest BCUT2D eigenvalue weighted by Crippen LogP contribution is 2.20. The number of hydrogen-bond donors (Lipinski definition) is 1. The third-order valence-corrected chi connectivity index (χ3v) is 0.710. The van der Waals surface area contributed by atoms with Crippen LogP contribution in [0.3, 0.4) is 0 Å². The zero-order valence-electron chi connectivity index (χ0n) is 4.81. The molecule has 0 aromatic rings. The Morgan fingerprint density at radius 3 is 2.00 bits per heavy atom. The van der Waals surface area contributed by atoms with Crippen molar-refractivity contribution in [3.63, 3.8) is 0 Å². The lowest BCUT2D eigenvalue weighted by atomic mass is 10.3. The first kappa shape index (κ1) is 8.49. The molecule has 1 unspecified atom stereocenters. The zero-order valence-corrected chi connectivity index (χ0v) is 4.81. The van der Waals surface area contributed by atoms with Gasteiger partial charge in [0.1, 0.15) is 0 Å². The second-order valence-corrected chi connectivity index (χ2v) is 1.51. The molecule has 0 spiro atoms. The first-order chi connectivity index (χ1) is 3.98. The number of alkyl halides is 3. The standard InChI is InChI=1S/C5H7F3O/c1-2-3-4(9)5(6,7)8/h2-4,9H,1H3/b3-2+. The monoisotopic (exact) mass is 140 g/mol. The Labute approximate surface area is 50.8 Å². The second kappa shape index (κ2) is 2.87.